The third kappa shape index (κ3) is 4.06. The van der Waals surface area contributed by atoms with Crippen molar-refractivity contribution in [3.63, 3.8) is 0 Å². The Morgan fingerprint density at radius 1 is 1.45 bits per heavy atom. The molecule has 2 aromatic rings. The molecule has 0 saturated heterocycles. The van der Waals surface area contributed by atoms with Crippen LogP contribution in [0.4, 0.5) is 5.82 Å². The van der Waals surface area contributed by atoms with Crippen molar-refractivity contribution >= 4 is 30.6 Å². The van der Waals surface area contributed by atoms with Gasteiger partial charge in [-0.25, -0.2) is 15.0 Å². The van der Waals surface area contributed by atoms with E-state index < -0.39 is 7.34 Å². The Bertz CT molecular complexity index is 681. The van der Waals surface area contributed by atoms with E-state index in [4.69, 9.17) is 10.3 Å². The zero-order valence-electron chi connectivity index (χ0n) is 13.3. The van der Waals surface area contributed by atoms with Crippen molar-refractivity contribution in [1.82, 2.24) is 19.5 Å². The van der Waals surface area contributed by atoms with Crippen molar-refractivity contribution in [3.05, 3.63) is 12.7 Å². The minimum atomic E-state index is -2.44. The van der Waals surface area contributed by atoms with Gasteiger partial charge in [0.1, 0.15) is 19.2 Å². The number of hydrogen-bond donors (Lipinski definition) is 2. The molecule has 22 heavy (non-hydrogen) atoms. The molecule has 0 spiro atoms. The molecule has 2 rings (SSSR count). The Hall–Kier alpha value is -1.43. The second kappa shape index (κ2) is 6.77. The summed E-state index contributed by atoms with van der Waals surface area (Å²) in [5.74, 6) is 1.06. The van der Waals surface area contributed by atoms with Crippen molar-refractivity contribution in [1.29, 1.82) is 0 Å². The highest BCUT2D eigenvalue weighted by atomic mass is 31.2. The van der Waals surface area contributed by atoms with Crippen LogP contribution < -0.4 is 5.73 Å². The lowest BCUT2D eigenvalue weighted by Gasteiger charge is -2.25. The van der Waals surface area contributed by atoms with Gasteiger partial charge in [-0.1, -0.05) is 26.6 Å². The van der Waals surface area contributed by atoms with Crippen LogP contribution in [-0.2, 0) is 11.1 Å². The molecule has 2 aromatic heterocycles. The summed E-state index contributed by atoms with van der Waals surface area (Å²) in [6.45, 7) is 7.18. The maximum Gasteiger partial charge on any atom is 0.165 e. The molecule has 0 aliphatic rings. The predicted octanol–water partition coefficient (Wildman–Crippen LogP) is 1.99. The fraction of sp³-hybridized carbons (Fsp3) is 0.571. The maximum absolute atomic E-state index is 9.70. The smallest absolute Gasteiger partial charge is 0.165 e. The van der Waals surface area contributed by atoms with Gasteiger partial charge in [0.2, 0.25) is 0 Å². The molecule has 0 aromatic carbocycles. The SMILES string of the molecule is C=P(C)(O)OCC(CC)C(C)Cn1cnc2c(N)ncnc21. The molecule has 8 heteroatoms. The fourth-order valence-corrected chi connectivity index (χ4v) is 2.95. The molecule has 122 valence electrons. The molecule has 0 bridgehead atoms. The fourth-order valence-electron chi connectivity index (χ4n) is 2.43. The van der Waals surface area contributed by atoms with Gasteiger partial charge in [-0.15, -0.1) is 0 Å². The summed E-state index contributed by atoms with van der Waals surface area (Å²) in [5, 5.41) is 0. The average molecular weight is 325 g/mol. The van der Waals surface area contributed by atoms with Crippen LogP contribution in [0.1, 0.15) is 20.3 Å². The van der Waals surface area contributed by atoms with Crippen molar-refractivity contribution in [3.8, 4) is 0 Å². The first-order chi connectivity index (χ1) is 10.3. The van der Waals surface area contributed by atoms with Crippen LogP contribution in [0.2, 0.25) is 0 Å². The second-order valence-corrected chi connectivity index (χ2v) is 8.18. The normalized spacial score (nSPS) is 17.3. The van der Waals surface area contributed by atoms with Crippen molar-refractivity contribution in [2.24, 2.45) is 11.8 Å². The average Bonchev–Trinajstić information content (AvgIpc) is 2.83. The maximum atomic E-state index is 9.70. The number of nitrogens with zero attached hydrogens (tertiary/aromatic N) is 4. The van der Waals surface area contributed by atoms with Gasteiger partial charge < -0.3 is 19.7 Å². The van der Waals surface area contributed by atoms with Crippen LogP contribution in [-0.4, -0.2) is 44.0 Å². The summed E-state index contributed by atoms with van der Waals surface area (Å²) in [6.07, 6.45) is 7.81. The summed E-state index contributed by atoms with van der Waals surface area (Å²) < 4.78 is 7.50. The van der Waals surface area contributed by atoms with E-state index in [-0.39, 0.29) is 0 Å². The van der Waals surface area contributed by atoms with E-state index in [2.05, 4.69) is 35.1 Å². The molecule has 7 nitrogen and oxygen atoms in total. The molecular formula is C14H24N5O2P. The Kier molecular flexibility index (Phi) is 5.21. The van der Waals surface area contributed by atoms with E-state index >= 15 is 0 Å². The van der Waals surface area contributed by atoms with Gasteiger partial charge in [-0.2, -0.15) is 0 Å². The first-order valence-electron chi connectivity index (χ1n) is 7.31. The van der Waals surface area contributed by atoms with Gasteiger partial charge in [0, 0.05) is 13.2 Å². The van der Waals surface area contributed by atoms with Crippen molar-refractivity contribution in [2.45, 2.75) is 26.8 Å². The summed E-state index contributed by atoms with van der Waals surface area (Å²) >= 11 is 0. The highest BCUT2D eigenvalue weighted by molar-refractivity contribution is 7.62. The summed E-state index contributed by atoms with van der Waals surface area (Å²) in [7, 11) is -2.44. The first-order valence-corrected chi connectivity index (χ1v) is 9.60. The van der Waals surface area contributed by atoms with Crippen molar-refractivity contribution in [2.75, 3.05) is 19.0 Å². The van der Waals surface area contributed by atoms with Crippen molar-refractivity contribution < 1.29 is 9.42 Å². The zero-order chi connectivity index (χ0) is 16.3. The number of nitrogen functional groups attached to an aromatic ring is 1. The van der Waals surface area contributed by atoms with Gasteiger partial charge in [-0.05, 0) is 11.8 Å². The Balaban J connectivity index is 2.10. The minimum absolute atomic E-state index is 0.324. The monoisotopic (exact) mass is 325 g/mol. The van der Waals surface area contributed by atoms with E-state index in [1.807, 2.05) is 4.57 Å². The van der Waals surface area contributed by atoms with E-state index in [9.17, 15) is 4.89 Å². The van der Waals surface area contributed by atoms with Crippen LogP contribution in [0.25, 0.3) is 11.2 Å². The first kappa shape index (κ1) is 16.9. The molecule has 0 amide bonds. The molecule has 3 atom stereocenters. The van der Waals surface area contributed by atoms with Crippen LogP contribution >= 0.6 is 7.34 Å². The topological polar surface area (TPSA) is 99.1 Å². The Labute approximate surface area is 130 Å². The lowest BCUT2D eigenvalue weighted by atomic mass is 9.92. The van der Waals surface area contributed by atoms with Gasteiger partial charge in [0.05, 0.1) is 12.9 Å². The number of aromatic nitrogens is 4. The third-order valence-corrected chi connectivity index (χ3v) is 4.52. The van der Waals surface area contributed by atoms with E-state index in [1.54, 1.807) is 13.0 Å². The third-order valence-electron chi connectivity index (χ3n) is 3.81. The molecule has 0 fully saturated rings. The summed E-state index contributed by atoms with van der Waals surface area (Å²) in [6, 6.07) is 0. The zero-order valence-corrected chi connectivity index (χ0v) is 14.2. The molecule has 3 unspecified atom stereocenters. The number of nitrogens with two attached hydrogens (primary N) is 1. The van der Waals surface area contributed by atoms with Gasteiger partial charge in [-0.3, -0.25) is 0 Å². The van der Waals surface area contributed by atoms with Gasteiger partial charge in [0.15, 0.2) is 11.5 Å². The molecule has 3 N–H and O–H groups in total. The number of anilines is 1. The molecule has 0 saturated carbocycles. The number of imidazole rings is 1. The highest BCUT2D eigenvalue weighted by Crippen LogP contribution is 2.37. The minimum Gasteiger partial charge on any atom is -0.382 e. The Morgan fingerprint density at radius 2 is 2.18 bits per heavy atom. The molecule has 2 heterocycles. The van der Waals surface area contributed by atoms with Crippen LogP contribution in [0.5, 0.6) is 0 Å². The van der Waals surface area contributed by atoms with Crippen LogP contribution in [0, 0.1) is 11.8 Å². The Morgan fingerprint density at radius 3 is 2.82 bits per heavy atom. The van der Waals surface area contributed by atoms with Gasteiger partial charge >= 0.3 is 0 Å². The summed E-state index contributed by atoms with van der Waals surface area (Å²) in [5.41, 5.74) is 7.18. The van der Waals surface area contributed by atoms with E-state index in [0.29, 0.717) is 29.8 Å². The van der Waals surface area contributed by atoms with E-state index in [0.717, 1.165) is 18.6 Å². The van der Waals surface area contributed by atoms with Crippen LogP contribution in [0.15, 0.2) is 12.7 Å². The molecule has 0 radical (unpaired) electrons. The van der Waals surface area contributed by atoms with Crippen LogP contribution in [0.3, 0.4) is 0 Å². The highest BCUT2D eigenvalue weighted by Gasteiger charge is 2.19. The van der Waals surface area contributed by atoms with Gasteiger partial charge in [0.25, 0.3) is 0 Å². The quantitative estimate of drug-likeness (QED) is 0.755. The molecule has 0 aliphatic carbocycles. The second-order valence-electron chi connectivity index (χ2n) is 5.82. The largest absolute Gasteiger partial charge is 0.382 e. The lowest BCUT2D eigenvalue weighted by molar-refractivity contribution is 0.186. The number of hydrogen-bond acceptors (Lipinski definition) is 6. The number of rotatable bonds is 7. The van der Waals surface area contributed by atoms with E-state index in [1.165, 1.54) is 6.33 Å². The molecular weight excluding hydrogens is 301 g/mol. The predicted molar refractivity (Wildman–Crippen MR) is 90.8 cm³/mol. The summed E-state index contributed by atoms with van der Waals surface area (Å²) in [4.78, 5) is 22.2. The standard InChI is InChI=1S/C14H24N5O2P/c1-5-11(7-21-22(3,4)20)10(2)6-19-9-18-12-13(15)16-8-17-14(12)19/h8-11,20H,3,5-7H2,1-2,4H3,(H2,15,16,17). The lowest BCUT2D eigenvalue weighted by Crippen LogP contribution is -2.21. The number of fused-ring (bicyclic) bond motifs is 1. The molecule has 0 aliphatic heterocycles.